The number of nitrogens with zero attached hydrogens (tertiary/aromatic N) is 10. The fourth-order valence-electron chi connectivity index (χ4n) is 8.04. The number of aryl methyl sites for hydroxylation is 1. The predicted octanol–water partition coefficient (Wildman–Crippen LogP) is 4.80. The number of methoxy groups -OCH3 is 1. The van der Waals surface area contributed by atoms with E-state index in [4.69, 9.17) is 19.7 Å². The number of fused-ring (bicyclic) bond motifs is 3. The molecule has 1 N–H and O–H groups in total. The van der Waals surface area contributed by atoms with Crippen LogP contribution >= 0.6 is 0 Å². The summed E-state index contributed by atoms with van der Waals surface area (Å²) in [5.74, 6) is 3.22. The van der Waals surface area contributed by atoms with Crippen LogP contribution in [0.4, 0.5) is 29.5 Å². The number of para-hydroxylation sites is 1. The average molecular weight is 722 g/mol. The molecule has 2 atom stereocenters. The highest BCUT2D eigenvalue weighted by atomic mass is 16.5. The van der Waals surface area contributed by atoms with Gasteiger partial charge < -0.3 is 34.2 Å². The van der Waals surface area contributed by atoms with Crippen LogP contribution in [0.3, 0.4) is 0 Å². The molecule has 13 nitrogen and oxygen atoms in total. The SMILES string of the molecule is COC(=O)[C@@H]1Cc2c([nH]c3ccccc23)[C@H](c2ccc(C)cc2)N1c1nc(N2CCN(c3ccccn3)CC2)nc(N2CCN(c3ccccn3)CC2)n1. The van der Waals surface area contributed by atoms with E-state index in [-0.39, 0.29) is 5.97 Å². The molecule has 9 rings (SSSR count). The summed E-state index contributed by atoms with van der Waals surface area (Å²) in [5, 5.41) is 1.10. The van der Waals surface area contributed by atoms with E-state index in [0.29, 0.717) is 50.4 Å². The quantitative estimate of drug-likeness (QED) is 0.228. The second kappa shape index (κ2) is 14.3. The van der Waals surface area contributed by atoms with Crippen molar-refractivity contribution in [2.45, 2.75) is 25.4 Å². The van der Waals surface area contributed by atoms with Crippen molar-refractivity contribution in [3.8, 4) is 0 Å². The number of esters is 1. The molecule has 4 aromatic heterocycles. The van der Waals surface area contributed by atoms with Crippen LogP contribution in [0.2, 0.25) is 0 Å². The van der Waals surface area contributed by atoms with Crippen molar-refractivity contribution >= 4 is 46.4 Å². The first kappa shape index (κ1) is 33.6. The molecule has 0 saturated carbocycles. The van der Waals surface area contributed by atoms with Gasteiger partial charge in [0.25, 0.3) is 0 Å². The molecule has 0 unspecified atom stereocenters. The highest BCUT2D eigenvalue weighted by molar-refractivity contribution is 5.89. The molecular weight excluding hydrogens is 679 g/mol. The van der Waals surface area contributed by atoms with Gasteiger partial charge in [-0.2, -0.15) is 15.0 Å². The third-order valence-electron chi connectivity index (χ3n) is 10.9. The molecule has 7 heterocycles. The van der Waals surface area contributed by atoms with Crippen molar-refractivity contribution in [1.82, 2.24) is 29.9 Å². The summed E-state index contributed by atoms with van der Waals surface area (Å²) < 4.78 is 5.54. The Morgan fingerprint density at radius 3 is 1.76 bits per heavy atom. The van der Waals surface area contributed by atoms with Gasteiger partial charge in [-0.1, -0.05) is 60.2 Å². The standard InChI is InChI=1S/C41H43N11O2/c1-28-13-15-29(16-14-28)37-36-31(30-9-3-4-10-32(30)44-36)27-33(38(53)54-2)52(37)41-46-39(50-23-19-48(20-24-50)34-11-5-7-17-42-34)45-40(47-41)51-25-21-49(22-26-51)35-12-6-8-18-43-35/h3-18,33,37,44H,19-27H2,1-2H3/t33-,37-/m0/s1. The van der Waals surface area contributed by atoms with Crippen molar-refractivity contribution < 1.29 is 9.53 Å². The topological polar surface area (TPSA) is 123 Å². The lowest BCUT2D eigenvalue weighted by Gasteiger charge is -2.42. The zero-order valence-corrected chi connectivity index (χ0v) is 30.5. The monoisotopic (exact) mass is 721 g/mol. The number of ether oxygens (including phenoxy) is 1. The van der Waals surface area contributed by atoms with Crippen LogP contribution in [0.1, 0.15) is 28.4 Å². The van der Waals surface area contributed by atoms with Gasteiger partial charge in [-0.05, 0) is 48.4 Å². The number of hydrogen-bond acceptors (Lipinski definition) is 12. The summed E-state index contributed by atoms with van der Waals surface area (Å²) in [6, 6.07) is 27.7. The van der Waals surface area contributed by atoms with Crippen LogP contribution in [0.25, 0.3) is 10.9 Å². The van der Waals surface area contributed by atoms with Crippen LogP contribution in [-0.4, -0.2) is 101 Å². The van der Waals surface area contributed by atoms with Gasteiger partial charge >= 0.3 is 5.97 Å². The lowest BCUT2D eigenvalue weighted by Crippen LogP contribution is -2.51. The van der Waals surface area contributed by atoms with Gasteiger partial charge in [-0.15, -0.1) is 0 Å². The van der Waals surface area contributed by atoms with E-state index in [1.54, 1.807) is 0 Å². The number of aromatic nitrogens is 6. The van der Waals surface area contributed by atoms with Gasteiger partial charge in [0, 0.05) is 87.8 Å². The molecule has 2 saturated heterocycles. The minimum absolute atomic E-state index is 0.334. The highest BCUT2D eigenvalue weighted by Gasteiger charge is 2.44. The van der Waals surface area contributed by atoms with E-state index in [0.717, 1.165) is 71.1 Å². The van der Waals surface area contributed by atoms with E-state index in [1.165, 1.54) is 7.11 Å². The molecule has 274 valence electrons. The second-order valence-electron chi connectivity index (χ2n) is 14.1. The minimum atomic E-state index is -0.682. The summed E-state index contributed by atoms with van der Waals surface area (Å²) in [4.78, 5) is 53.7. The average Bonchev–Trinajstić information content (AvgIpc) is 3.62. The first-order valence-corrected chi connectivity index (χ1v) is 18.6. The number of benzene rings is 2. The van der Waals surface area contributed by atoms with Gasteiger partial charge in [0.1, 0.15) is 17.7 Å². The number of nitrogens with one attached hydrogen (secondary N) is 1. The lowest BCUT2D eigenvalue weighted by atomic mass is 9.88. The fourth-order valence-corrected chi connectivity index (χ4v) is 8.04. The summed E-state index contributed by atoms with van der Waals surface area (Å²) in [7, 11) is 1.46. The van der Waals surface area contributed by atoms with E-state index < -0.39 is 12.1 Å². The van der Waals surface area contributed by atoms with E-state index in [2.05, 4.69) is 82.8 Å². The molecule has 0 spiro atoms. The normalized spacial score (nSPS) is 18.9. The minimum Gasteiger partial charge on any atom is -0.467 e. The van der Waals surface area contributed by atoms with Gasteiger partial charge in [0.2, 0.25) is 17.8 Å². The number of hydrogen-bond donors (Lipinski definition) is 1. The number of piperazine rings is 2. The predicted molar refractivity (Wildman–Crippen MR) is 210 cm³/mol. The third kappa shape index (κ3) is 6.29. The van der Waals surface area contributed by atoms with Crippen molar-refractivity contribution in [3.63, 3.8) is 0 Å². The first-order chi connectivity index (χ1) is 26.5. The summed E-state index contributed by atoms with van der Waals surface area (Å²) in [5.41, 5.74) is 5.34. The Kier molecular flexibility index (Phi) is 8.89. The van der Waals surface area contributed by atoms with Crippen LogP contribution in [-0.2, 0) is 16.0 Å². The van der Waals surface area contributed by atoms with Crippen molar-refractivity contribution in [1.29, 1.82) is 0 Å². The molecule has 0 radical (unpaired) electrons. The maximum Gasteiger partial charge on any atom is 0.328 e. The number of rotatable bonds is 7. The van der Waals surface area contributed by atoms with Crippen molar-refractivity contribution in [2.75, 3.05) is 84.0 Å². The number of carbonyl (C=O) groups is 1. The van der Waals surface area contributed by atoms with Crippen LogP contribution in [0.15, 0.2) is 97.3 Å². The number of anilines is 5. The Morgan fingerprint density at radius 2 is 1.20 bits per heavy atom. The van der Waals surface area contributed by atoms with Crippen molar-refractivity contribution in [2.24, 2.45) is 0 Å². The molecular formula is C41H43N11O2. The molecule has 2 fully saturated rings. The van der Waals surface area contributed by atoms with Gasteiger partial charge in [-0.3, -0.25) is 0 Å². The molecule has 0 aliphatic carbocycles. The smallest absolute Gasteiger partial charge is 0.328 e. The van der Waals surface area contributed by atoms with Gasteiger partial charge in [-0.25, -0.2) is 14.8 Å². The maximum atomic E-state index is 14.0. The molecule has 0 amide bonds. The number of carbonyl (C=O) groups excluding carboxylic acids is 1. The molecule has 13 heteroatoms. The third-order valence-corrected chi connectivity index (χ3v) is 10.9. The number of pyridine rings is 2. The zero-order chi connectivity index (χ0) is 36.6. The zero-order valence-electron chi connectivity index (χ0n) is 30.5. The Labute approximate surface area is 314 Å². The molecule has 3 aliphatic heterocycles. The van der Waals surface area contributed by atoms with Crippen molar-refractivity contribution in [3.05, 3.63) is 120 Å². The lowest BCUT2D eigenvalue weighted by molar-refractivity contribution is -0.142. The number of aromatic amines is 1. The van der Waals surface area contributed by atoms with Gasteiger partial charge in [0.05, 0.1) is 13.2 Å². The molecule has 0 bridgehead atoms. The van der Waals surface area contributed by atoms with E-state index in [9.17, 15) is 4.79 Å². The highest BCUT2D eigenvalue weighted by Crippen LogP contribution is 2.43. The fraction of sp³-hybridized carbons (Fsp3) is 0.317. The Morgan fingerprint density at radius 1 is 0.667 bits per heavy atom. The second-order valence-corrected chi connectivity index (χ2v) is 14.1. The molecule has 3 aliphatic rings. The Bertz CT molecular complexity index is 2160. The Balaban J connectivity index is 1.14. The molecule has 6 aromatic rings. The summed E-state index contributed by atoms with van der Waals surface area (Å²) in [6.45, 7) is 8.01. The van der Waals surface area contributed by atoms with Crippen LogP contribution in [0.5, 0.6) is 0 Å². The van der Waals surface area contributed by atoms with E-state index in [1.807, 2.05) is 60.9 Å². The molecule has 2 aromatic carbocycles. The summed E-state index contributed by atoms with van der Waals surface area (Å²) in [6.07, 6.45) is 4.11. The number of H-pyrrole nitrogens is 1. The van der Waals surface area contributed by atoms with Crippen LogP contribution < -0.4 is 24.5 Å². The van der Waals surface area contributed by atoms with Gasteiger partial charge in [0.15, 0.2) is 0 Å². The maximum absolute atomic E-state index is 14.0. The first-order valence-electron chi connectivity index (χ1n) is 18.6. The Hall–Kier alpha value is -6.24. The molecule has 54 heavy (non-hydrogen) atoms. The summed E-state index contributed by atoms with van der Waals surface area (Å²) >= 11 is 0. The largest absolute Gasteiger partial charge is 0.467 e. The van der Waals surface area contributed by atoms with E-state index >= 15 is 0 Å². The van der Waals surface area contributed by atoms with Crippen LogP contribution in [0, 0.1) is 6.92 Å².